The zero-order valence-electron chi connectivity index (χ0n) is 14.3. The first-order valence-corrected chi connectivity index (χ1v) is 8.93. The van der Waals surface area contributed by atoms with Gasteiger partial charge in [0.2, 0.25) is 5.91 Å². The van der Waals surface area contributed by atoms with Crippen LogP contribution in [0.5, 0.6) is 0 Å². The normalized spacial score (nSPS) is 20.8. The minimum Gasteiger partial charge on any atom is -0.372 e. The maximum atomic E-state index is 12.4. The summed E-state index contributed by atoms with van der Waals surface area (Å²) in [6.07, 6.45) is 7.21. The van der Waals surface area contributed by atoms with Gasteiger partial charge in [0.1, 0.15) is 6.61 Å². The van der Waals surface area contributed by atoms with Crippen molar-refractivity contribution in [2.45, 2.75) is 31.6 Å². The van der Waals surface area contributed by atoms with Gasteiger partial charge in [-0.05, 0) is 26.2 Å². The summed E-state index contributed by atoms with van der Waals surface area (Å²) in [4.78, 5) is 37.7. The van der Waals surface area contributed by atoms with Crippen molar-refractivity contribution in [3.05, 3.63) is 23.8 Å². The molecule has 1 atom stereocenters. The van der Waals surface area contributed by atoms with E-state index in [4.69, 9.17) is 16.3 Å². The number of carbonyl (C=O) groups excluding carboxylic acids is 3. The Bertz CT molecular complexity index is 568. The van der Waals surface area contributed by atoms with E-state index in [-0.39, 0.29) is 29.7 Å². The molecule has 0 bridgehead atoms. The van der Waals surface area contributed by atoms with Crippen molar-refractivity contribution in [1.82, 2.24) is 15.8 Å². The zero-order valence-corrected chi connectivity index (χ0v) is 15.1. The zero-order chi connectivity index (χ0) is 18.2. The van der Waals surface area contributed by atoms with Gasteiger partial charge in [0.05, 0.1) is 5.38 Å². The first-order chi connectivity index (χ1) is 12.0. The maximum absolute atomic E-state index is 12.4. The molecule has 1 fully saturated rings. The predicted molar refractivity (Wildman–Crippen MR) is 93.6 cm³/mol. The Labute approximate surface area is 152 Å². The molecule has 8 heteroatoms. The molecular weight excluding hydrogens is 346 g/mol. The highest BCUT2D eigenvalue weighted by Gasteiger charge is 2.28. The Hall–Kier alpha value is -1.86. The monoisotopic (exact) mass is 369 g/mol. The molecule has 0 spiro atoms. The fraction of sp³-hybridized carbons (Fsp3) is 0.588. The van der Waals surface area contributed by atoms with E-state index < -0.39 is 5.91 Å². The molecule has 1 aliphatic heterocycles. The van der Waals surface area contributed by atoms with Gasteiger partial charge in [0.25, 0.3) is 11.8 Å². The predicted octanol–water partition coefficient (Wildman–Crippen LogP) is 0.903. The third-order valence-corrected chi connectivity index (χ3v) is 4.53. The summed E-state index contributed by atoms with van der Waals surface area (Å²) in [6, 6.07) is 0. The quantitative estimate of drug-likeness (QED) is 0.557. The second-order valence-electron chi connectivity index (χ2n) is 6.01. The summed E-state index contributed by atoms with van der Waals surface area (Å²) in [6.45, 7) is 3.16. The highest BCUT2D eigenvalue weighted by Crippen LogP contribution is 2.21. The molecule has 0 saturated carbocycles. The molecule has 3 amide bonds. The van der Waals surface area contributed by atoms with Crippen molar-refractivity contribution >= 4 is 29.3 Å². The van der Waals surface area contributed by atoms with Gasteiger partial charge in [-0.15, -0.1) is 11.6 Å². The number of carbonyl (C=O) groups is 3. The number of nitrogens with zero attached hydrogens (tertiary/aromatic N) is 1. The van der Waals surface area contributed by atoms with Crippen molar-refractivity contribution in [3.8, 4) is 0 Å². The van der Waals surface area contributed by atoms with Crippen molar-refractivity contribution < 1.29 is 19.1 Å². The van der Waals surface area contributed by atoms with E-state index in [0.717, 1.165) is 0 Å². The Morgan fingerprint density at radius 1 is 1.28 bits per heavy atom. The van der Waals surface area contributed by atoms with Gasteiger partial charge in [0, 0.05) is 31.2 Å². The molecule has 0 aromatic heterocycles. The van der Waals surface area contributed by atoms with Gasteiger partial charge < -0.3 is 9.64 Å². The van der Waals surface area contributed by atoms with Crippen LogP contribution in [0.15, 0.2) is 23.8 Å². The lowest BCUT2D eigenvalue weighted by atomic mass is 9.95. The van der Waals surface area contributed by atoms with E-state index in [1.807, 2.05) is 12.2 Å². The standard InChI is InChI=1S/C17H24ClN3O4/c1-2-25-11-15(22)19-20-16(23)12-7-9-21(10-8-12)17(24)13-3-5-14(18)6-4-13/h3-5,12,14H,2,6-11H2,1H3,(H,19,22)(H,20,23). The number of hydrogen-bond acceptors (Lipinski definition) is 4. The lowest BCUT2D eigenvalue weighted by Gasteiger charge is -2.32. The number of halogens is 1. The van der Waals surface area contributed by atoms with Crippen molar-refractivity contribution in [1.29, 1.82) is 0 Å². The van der Waals surface area contributed by atoms with Gasteiger partial charge in [-0.2, -0.15) is 0 Å². The smallest absolute Gasteiger partial charge is 0.264 e. The fourth-order valence-electron chi connectivity index (χ4n) is 2.74. The number of nitrogens with one attached hydrogen (secondary N) is 2. The fourth-order valence-corrected chi connectivity index (χ4v) is 2.91. The number of amides is 3. The summed E-state index contributed by atoms with van der Waals surface area (Å²) in [7, 11) is 0. The molecule has 0 radical (unpaired) electrons. The number of alkyl halides is 1. The molecule has 0 aromatic rings. The Morgan fingerprint density at radius 3 is 2.60 bits per heavy atom. The molecule has 25 heavy (non-hydrogen) atoms. The number of piperidine rings is 1. The van der Waals surface area contributed by atoms with Gasteiger partial charge in [-0.25, -0.2) is 0 Å². The van der Waals surface area contributed by atoms with E-state index in [0.29, 0.717) is 44.5 Å². The van der Waals surface area contributed by atoms with E-state index in [2.05, 4.69) is 10.9 Å². The van der Waals surface area contributed by atoms with E-state index in [9.17, 15) is 14.4 Å². The average Bonchev–Trinajstić information content (AvgIpc) is 2.64. The number of hydrazine groups is 1. The second-order valence-corrected chi connectivity index (χ2v) is 6.57. The Balaban J connectivity index is 1.73. The van der Waals surface area contributed by atoms with E-state index in [1.165, 1.54) is 0 Å². The van der Waals surface area contributed by atoms with Gasteiger partial charge in [0.15, 0.2) is 0 Å². The Kier molecular flexibility index (Phi) is 7.46. The summed E-state index contributed by atoms with van der Waals surface area (Å²) >= 11 is 5.97. The molecule has 138 valence electrons. The molecule has 1 unspecified atom stereocenters. The number of rotatable bonds is 5. The summed E-state index contributed by atoms with van der Waals surface area (Å²) in [5.74, 6) is -0.877. The lowest BCUT2D eigenvalue weighted by Crippen LogP contribution is -2.49. The second kappa shape index (κ2) is 9.58. The minimum atomic E-state index is -0.392. The van der Waals surface area contributed by atoms with Crippen LogP contribution in [0.3, 0.4) is 0 Å². The molecule has 7 nitrogen and oxygen atoms in total. The van der Waals surface area contributed by atoms with Gasteiger partial charge in [-0.1, -0.05) is 18.2 Å². The highest BCUT2D eigenvalue weighted by molar-refractivity contribution is 6.22. The Morgan fingerprint density at radius 2 is 2.00 bits per heavy atom. The van der Waals surface area contributed by atoms with E-state index >= 15 is 0 Å². The van der Waals surface area contributed by atoms with Crippen molar-refractivity contribution in [3.63, 3.8) is 0 Å². The third kappa shape index (κ3) is 5.86. The number of likely N-dealkylation sites (tertiary alicyclic amines) is 1. The van der Waals surface area contributed by atoms with Crippen LogP contribution in [-0.4, -0.2) is 54.3 Å². The molecule has 2 aliphatic rings. The lowest BCUT2D eigenvalue weighted by molar-refractivity contribution is -0.135. The van der Waals surface area contributed by atoms with E-state index in [1.54, 1.807) is 17.9 Å². The van der Waals surface area contributed by atoms with Crippen LogP contribution < -0.4 is 10.9 Å². The first-order valence-electron chi connectivity index (χ1n) is 8.49. The molecule has 0 aromatic carbocycles. The van der Waals surface area contributed by atoms with Crippen LogP contribution in [0.25, 0.3) is 0 Å². The summed E-state index contributed by atoms with van der Waals surface area (Å²) in [5, 5.41) is -0.0519. The molecule has 1 aliphatic carbocycles. The molecular formula is C17H24ClN3O4. The van der Waals surface area contributed by atoms with Crippen LogP contribution in [0, 0.1) is 5.92 Å². The summed E-state index contributed by atoms with van der Waals surface area (Å²) in [5.41, 5.74) is 5.40. The molecule has 1 heterocycles. The van der Waals surface area contributed by atoms with Crippen LogP contribution >= 0.6 is 11.6 Å². The first kappa shape index (κ1) is 19.5. The SMILES string of the molecule is CCOCC(=O)NNC(=O)C1CCN(C(=O)C2=CCC(Cl)C=C2)CC1. The largest absolute Gasteiger partial charge is 0.372 e. The number of ether oxygens (including phenoxy) is 1. The number of hydrogen-bond donors (Lipinski definition) is 2. The van der Waals surface area contributed by atoms with Crippen LogP contribution in [0.4, 0.5) is 0 Å². The van der Waals surface area contributed by atoms with Crippen molar-refractivity contribution in [2.24, 2.45) is 5.92 Å². The van der Waals surface area contributed by atoms with Crippen molar-refractivity contribution in [2.75, 3.05) is 26.3 Å². The maximum Gasteiger partial charge on any atom is 0.264 e. The molecule has 1 saturated heterocycles. The van der Waals surface area contributed by atoms with Crippen LogP contribution in [0.1, 0.15) is 26.2 Å². The molecule has 2 N–H and O–H groups in total. The number of allylic oxidation sites excluding steroid dienone is 2. The van der Waals surface area contributed by atoms with Gasteiger partial charge in [-0.3, -0.25) is 25.2 Å². The van der Waals surface area contributed by atoms with Crippen LogP contribution in [0.2, 0.25) is 0 Å². The molecule has 2 rings (SSSR count). The van der Waals surface area contributed by atoms with Crippen LogP contribution in [-0.2, 0) is 19.1 Å². The minimum absolute atomic E-state index is 0.0244. The topological polar surface area (TPSA) is 87.7 Å². The van der Waals surface area contributed by atoms with Gasteiger partial charge >= 0.3 is 0 Å². The third-order valence-electron chi connectivity index (χ3n) is 4.21. The average molecular weight is 370 g/mol. The summed E-state index contributed by atoms with van der Waals surface area (Å²) < 4.78 is 4.95. The highest BCUT2D eigenvalue weighted by atomic mass is 35.5.